The molecule has 5 nitrogen and oxygen atoms in total. The van der Waals surface area contributed by atoms with Gasteiger partial charge in [0.1, 0.15) is 23.1 Å². The monoisotopic (exact) mass is 344 g/mol. The molecule has 0 bridgehead atoms. The number of hydrogen-bond acceptors (Lipinski definition) is 4. The third kappa shape index (κ3) is 3.82. The molecule has 0 aliphatic heterocycles. The van der Waals surface area contributed by atoms with Crippen LogP contribution in [0.5, 0.6) is 5.75 Å². The number of amides is 1. The molecule has 3 rings (SSSR count). The number of aromatic nitrogens is 1. The van der Waals surface area contributed by atoms with E-state index >= 15 is 0 Å². The molecule has 25 heavy (non-hydrogen) atoms. The zero-order chi connectivity index (χ0) is 17.8. The number of nitrogens with zero attached hydrogens (tertiary/aromatic N) is 1. The van der Waals surface area contributed by atoms with Crippen LogP contribution in [-0.4, -0.2) is 18.2 Å². The highest BCUT2D eigenvalue weighted by Crippen LogP contribution is 2.24. The third-order valence-corrected chi connectivity index (χ3v) is 3.52. The Bertz CT molecular complexity index is 909. The molecule has 0 aliphatic carbocycles. The van der Waals surface area contributed by atoms with Gasteiger partial charge in [0.05, 0.1) is 19.2 Å². The van der Waals surface area contributed by atoms with Crippen LogP contribution in [0.25, 0.3) is 11.3 Å². The Hall–Kier alpha value is -3.22. The average Bonchev–Trinajstić information content (AvgIpc) is 3.09. The normalized spacial score (nSPS) is 10.5. The van der Waals surface area contributed by atoms with Crippen LogP contribution in [-0.2, 0) is 6.54 Å². The van der Waals surface area contributed by atoms with Crippen molar-refractivity contribution in [1.82, 2.24) is 10.5 Å². The maximum atomic E-state index is 13.6. The van der Waals surface area contributed by atoms with E-state index in [-0.39, 0.29) is 12.1 Å². The summed E-state index contributed by atoms with van der Waals surface area (Å²) in [6.07, 6.45) is 0. The Kier molecular flexibility index (Phi) is 4.74. The van der Waals surface area contributed by atoms with E-state index in [1.165, 1.54) is 0 Å². The van der Waals surface area contributed by atoms with Crippen molar-refractivity contribution < 1.29 is 22.8 Å². The quantitative estimate of drug-likeness (QED) is 0.769. The van der Waals surface area contributed by atoms with Gasteiger partial charge < -0.3 is 14.6 Å². The molecule has 0 unspecified atom stereocenters. The molecular formula is C18H14F2N2O3. The van der Waals surface area contributed by atoms with Gasteiger partial charge in [0, 0.05) is 17.7 Å². The summed E-state index contributed by atoms with van der Waals surface area (Å²) in [6, 6.07) is 11.7. The zero-order valence-corrected chi connectivity index (χ0v) is 13.3. The van der Waals surface area contributed by atoms with Crippen LogP contribution in [0, 0.1) is 11.6 Å². The minimum atomic E-state index is -0.922. The molecule has 2 aromatic carbocycles. The molecule has 1 heterocycles. The molecule has 0 radical (unpaired) electrons. The Labute approximate surface area is 142 Å². The van der Waals surface area contributed by atoms with Gasteiger partial charge in [-0.25, -0.2) is 8.78 Å². The number of hydrogen-bond donors (Lipinski definition) is 1. The van der Waals surface area contributed by atoms with Gasteiger partial charge in [-0.15, -0.1) is 0 Å². The van der Waals surface area contributed by atoms with Crippen LogP contribution in [0.4, 0.5) is 8.78 Å². The molecule has 0 spiro atoms. The molecule has 7 heteroatoms. The number of ether oxygens (including phenoxy) is 1. The van der Waals surface area contributed by atoms with Gasteiger partial charge in [0.2, 0.25) is 0 Å². The molecule has 0 saturated heterocycles. The molecule has 0 atom stereocenters. The van der Waals surface area contributed by atoms with Crippen LogP contribution in [0.3, 0.4) is 0 Å². The van der Waals surface area contributed by atoms with Gasteiger partial charge in [-0.1, -0.05) is 17.3 Å². The summed E-state index contributed by atoms with van der Waals surface area (Å²) in [5, 5.41) is 6.38. The molecule has 1 amide bonds. The van der Waals surface area contributed by atoms with Gasteiger partial charge in [-0.2, -0.15) is 0 Å². The first-order chi connectivity index (χ1) is 12.1. The minimum Gasteiger partial charge on any atom is -0.497 e. The van der Waals surface area contributed by atoms with Gasteiger partial charge in [0.25, 0.3) is 5.91 Å². The number of rotatable bonds is 5. The Morgan fingerprint density at radius 1 is 1.20 bits per heavy atom. The standard InChI is InChI=1S/C18H14F2N2O3/c1-24-14-4-2-3-11(7-14)17-9-13(22-25-17)10-21-18(23)15-6-5-12(19)8-16(15)20/h2-9H,10H2,1H3,(H,21,23). The van der Waals surface area contributed by atoms with Crippen LogP contribution in [0.1, 0.15) is 16.1 Å². The maximum absolute atomic E-state index is 13.6. The average molecular weight is 344 g/mol. The number of benzene rings is 2. The number of carbonyl (C=O) groups is 1. The van der Waals surface area contributed by atoms with Crippen molar-refractivity contribution in [1.29, 1.82) is 0 Å². The van der Waals surface area contributed by atoms with Crippen molar-refractivity contribution in [3.8, 4) is 17.1 Å². The van der Waals surface area contributed by atoms with E-state index < -0.39 is 17.5 Å². The van der Waals surface area contributed by atoms with Crippen molar-refractivity contribution in [2.75, 3.05) is 7.11 Å². The Morgan fingerprint density at radius 3 is 2.80 bits per heavy atom. The summed E-state index contributed by atoms with van der Waals surface area (Å²) in [5.41, 5.74) is 1.00. The van der Waals surface area contributed by atoms with Crippen molar-refractivity contribution in [2.24, 2.45) is 0 Å². The van der Waals surface area contributed by atoms with Gasteiger partial charge in [-0.05, 0) is 24.3 Å². The fraction of sp³-hybridized carbons (Fsp3) is 0.111. The van der Waals surface area contributed by atoms with Crippen LogP contribution in [0.15, 0.2) is 53.1 Å². The van der Waals surface area contributed by atoms with E-state index in [4.69, 9.17) is 9.26 Å². The topological polar surface area (TPSA) is 64.4 Å². The van der Waals surface area contributed by atoms with Crippen molar-refractivity contribution in [3.63, 3.8) is 0 Å². The Morgan fingerprint density at radius 2 is 2.04 bits per heavy atom. The summed E-state index contributed by atoms with van der Waals surface area (Å²) in [6.45, 7) is 0.0448. The summed E-state index contributed by atoms with van der Waals surface area (Å²) in [7, 11) is 1.56. The van der Waals surface area contributed by atoms with Crippen LogP contribution < -0.4 is 10.1 Å². The number of nitrogens with one attached hydrogen (secondary N) is 1. The van der Waals surface area contributed by atoms with Crippen LogP contribution >= 0.6 is 0 Å². The summed E-state index contributed by atoms with van der Waals surface area (Å²) in [4.78, 5) is 12.0. The van der Waals surface area contributed by atoms with E-state index in [2.05, 4.69) is 10.5 Å². The number of halogens is 2. The fourth-order valence-corrected chi connectivity index (χ4v) is 2.25. The zero-order valence-electron chi connectivity index (χ0n) is 13.3. The molecule has 1 aromatic heterocycles. The largest absolute Gasteiger partial charge is 0.497 e. The highest BCUT2D eigenvalue weighted by atomic mass is 19.1. The molecule has 1 N–H and O–H groups in total. The summed E-state index contributed by atoms with van der Waals surface area (Å²) < 4.78 is 36.8. The van der Waals surface area contributed by atoms with Crippen LogP contribution in [0.2, 0.25) is 0 Å². The lowest BCUT2D eigenvalue weighted by Crippen LogP contribution is -2.24. The van der Waals surface area contributed by atoms with Crippen molar-refractivity contribution >= 4 is 5.91 Å². The Balaban J connectivity index is 1.68. The lowest BCUT2D eigenvalue weighted by atomic mass is 10.1. The predicted molar refractivity (Wildman–Crippen MR) is 86.0 cm³/mol. The molecular weight excluding hydrogens is 330 g/mol. The molecule has 128 valence electrons. The smallest absolute Gasteiger partial charge is 0.254 e. The van der Waals surface area contributed by atoms with Crippen molar-refractivity contribution in [3.05, 3.63) is 71.4 Å². The van der Waals surface area contributed by atoms with E-state index in [0.717, 1.165) is 17.7 Å². The highest BCUT2D eigenvalue weighted by Gasteiger charge is 2.14. The van der Waals surface area contributed by atoms with E-state index in [1.807, 2.05) is 12.1 Å². The second kappa shape index (κ2) is 7.12. The fourth-order valence-electron chi connectivity index (χ4n) is 2.25. The van der Waals surface area contributed by atoms with E-state index in [9.17, 15) is 13.6 Å². The minimum absolute atomic E-state index is 0.0448. The number of methoxy groups -OCH3 is 1. The maximum Gasteiger partial charge on any atom is 0.254 e. The third-order valence-electron chi connectivity index (χ3n) is 3.52. The first kappa shape index (κ1) is 16.6. The second-order valence-electron chi connectivity index (χ2n) is 5.22. The first-order valence-electron chi connectivity index (χ1n) is 7.40. The van der Waals surface area contributed by atoms with Gasteiger partial charge in [-0.3, -0.25) is 4.79 Å². The lowest BCUT2D eigenvalue weighted by Gasteiger charge is -2.04. The SMILES string of the molecule is COc1cccc(-c2cc(CNC(=O)c3ccc(F)cc3F)no2)c1. The van der Waals surface area contributed by atoms with Crippen molar-refractivity contribution in [2.45, 2.75) is 6.54 Å². The lowest BCUT2D eigenvalue weighted by molar-refractivity contribution is 0.0946. The summed E-state index contributed by atoms with van der Waals surface area (Å²) in [5.74, 6) is -1.14. The highest BCUT2D eigenvalue weighted by molar-refractivity contribution is 5.94. The summed E-state index contributed by atoms with van der Waals surface area (Å²) >= 11 is 0. The molecule has 0 saturated carbocycles. The molecule has 0 fully saturated rings. The van der Waals surface area contributed by atoms with Gasteiger partial charge in [0.15, 0.2) is 5.76 Å². The second-order valence-corrected chi connectivity index (χ2v) is 5.22. The van der Waals surface area contributed by atoms with Gasteiger partial charge >= 0.3 is 0 Å². The molecule has 3 aromatic rings. The predicted octanol–water partition coefficient (Wildman–Crippen LogP) is 3.56. The number of carbonyl (C=O) groups excluding carboxylic acids is 1. The van der Waals surface area contributed by atoms with E-state index in [0.29, 0.717) is 23.3 Å². The molecule has 0 aliphatic rings. The first-order valence-corrected chi connectivity index (χ1v) is 7.40. The van der Waals surface area contributed by atoms with E-state index in [1.54, 1.807) is 25.3 Å².